The summed E-state index contributed by atoms with van der Waals surface area (Å²) < 4.78 is 27.5. The van der Waals surface area contributed by atoms with Crippen LogP contribution in [0.3, 0.4) is 0 Å². The number of alkyl halides is 3. The van der Waals surface area contributed by atoms with Gasteiger partial charge in [-0.3, -0.25) is 0 Å². The van der Waals surface area contributed by atoms with Crippen molar-refractivity contribution in [1.29, 1.82) is 0 Å². The average Bonchev–Trinajstić information content (AvgIpc) is 2.04. The van der Waals surface area contributed by atoms with E-state index in [4.69, 9.17) is 0 Å². The van der Waals surface area contributed by atoms with Crippen molar-refractivity contribution in [2.45, 2.75) is 18.4 Å². The predicted molar refractivity (Wildman–Crippen MR) is 48.2 cm³/mol. The largest absolute Gasteiger partial charge is 0.417 e. The molecule has 0 fully saturated rings. The van der Waals surface area contributed by atoms with Gasteiger partial charge in [-0.2, -0.15) is 8.78 Å². The van der Waals surface area contributed by atoms with Crippen molar-refractivity contribution in [3.63, 3.8) is 0 Å². The Bertz CT molecular complexity index is 263. The number of aromatic nitrogens is 1. The van der Waals surface area contributed by atoms with Gasteiger partial charge in [0.25, 0.3) is 0 Å². The van der Waals surface area contributed by atoms with Crippen molar-refractivity contribution in [2.24, 2.45) is 0 Å². The van der Waals surface area contributed by atoms with Crippen LogP contribution in [0, 0.1) is 0 Å². The minimum atomic E-state index is -2.82. The summed E-state index contributed by atoms with van der Waals surface area (Å²) in [6.07, 6.45) is 1.50. The minimum absolute atomic E-state index is 0.0631. The molecule has 1 heterocycles. The fourth-order valence-electron chi connectivity index (χ4n) is 0.788. The van der Waals surface area contributed by atoms with E-state index >= 15 is 0 Å². The average molecular weight is 252 g/mol. The van der Waals surface area contributed by atoms with Gasteiger partial charge in [-0.15, -0.1) is 0 Å². The van der Waals surface area contributed by atoms with Crippen molar-refractivity contribution in [3.8, 4) is 5.88 Å². The monoisotopic (exact) mass is 251 g/mol. The van der Waals surface area contributed by atoms with Crippen molar-refractivity contribution >= 4 is 15.9 Å². The van der Waals surface area contributed by atoms with Crippen LogP contribution >= 0.6 is 15.9 Å². The van der Waals surface area contributed by atoms with Crippen LogP contribution < -0.4 is 4.74 Å². The van der Waals surface area contributed by atoms with Gasteiger partial charge in [0, 0.05) is 17.1 Å². The van der Waals surface area contributed by atoms with E-state index in [2.05, 4.69) is 25.7 Å². The van der Waals surface area contributed by atoms with E-state index in [0.29, 0.717) is 0 Å². The Hall–Kier alpha value is -0.710. The number of ether oxygens (including phenoxy) is 1. The van der Waals surface area contributed by atoms with Crippen LogP contribution in [0.5, 0.6) is 5.88 Å². The van der Waals surface area contributed by atoms with E-state index in [1.54, 1.807) is 6.07 Å². The highest BCUT2D eigenvalue weighted by Crippen LogP contribution is 2.22. The second kappa shape index (κ2) is 4.50. The molecule has 0 saturated heterocycles. The summed E-state index contributed by atoms with van der Waals surface area (Å²) in [5.41, 5.74) is 0.918. The first-order valence-electron chi connectivity index (χ1n) is 3.64. The lowest BCUT2D eigenvalue weighted by Gasteiger charge is -2.05. The van der Waals surface area contributed by atoms with Gasteiger partial charge < -0.3 is 4.74 Å². The van der Waals surface area contributed by atoms with Crippen LogP contribution in [0.25, 0.3) is 0 Å². The van der Waals surface area contributed by atoms with Gasteiger partial charge in [0.2, 0.25) is 5.88 Å². The number of nitrogens with zero attached hydrogens (tertiary/aromatic N) is 1. The van der Waals surface area contributed by atoms with Crippen molar-refractivity contribution in [3.05, 3.63) is 23.9 Å². The highest BCUT2D eigenvalue weighted by Gasteiger charge is 2.06. The number of rotatable bonds is 3. The molecule has 1 atom stereocenters. The quantitative estimate of drug-likeness (QED) is 0.771. The molecule has 1 unspecified atom stereocenters. The molecule has 1 aromatic heterocycles. The summed E-state index contributed by atoms with van der Waals surface area (Å²) in [7, 11) is 0. The molecule has 2 nitrogen and oxygen atoms in total. The summed E-state index contributed by atoms with van der Waals surface area (Å²) in [6.45, 7) is -0.898. The lowest BCUT2D eigenvalue weighted by Crippen LogP contribution is -2.03. The van der Waals surface area contributed by atoms with Crippen molar-refractivity contribution in [2.75, 3.05) is 0 Å². The predicted octanol–water partition coefficient (Wildman–Crippen LogP) is 3.14. The van der Waals surface area contributed by atoms with Gasteiger partial charge in [-0.05, 0) is 12.5 Å². The number of pyridine rings is 1. The topological polar surface area (TPSA) is 22.1 Å². The minimum Gasteiger partial charge on any atom is -0.417 e. The molecule has 0 aliphatic heterocycles. The molecular weight excluding hydrogens is 244 g/mol. The van der Waals surface area contributed by atoms with Crippen LogP contribution in [0.4, 0.5) is 8.78 Å². The fourth-order valence-corrected chi connectivity index (χ4v) is 1.06. The number of hydrogen-bond donors (Lipinski definition) is 0. The molecule has 5 heteroatoms. The van der Waals surface area contributed by atoms with Gasteiger partial charge in [0.1, 0.15) is 0 Å². The molecule has 1 rings (SSSR count). The third-order valence-corrected chi connectivity index (χ3v) is 1.96. The molecule has 1 aromatic rings. The maximum absolute atomic E-state index is 11.7. The summed E-state index contributed by atoms with van der Waals surface area (Å²) in [5, 5.41) is 0. The Labute approximate surface area is 83.1 Å². The highest BCUT2D eigenvalue weighted by atomic mass is 79.9. The Balaban J connectivity index is 2.70. The summed E-state index contributed by atoms with van der Waals surface area (Å²) in [5.74, 6) is -0.0631. The zero-order chi connectivity index (χ0) is 9.84. The fraction of sp³-hybridized carbons (Fsp3) is 0.375. The van der Waals surface area contributed by atoms with Gasteiger partial charge in [0.15, 0.2) is 0 Å². The van der Waals surface area contributed by atoms with Gasteiger partial charge in [-0.1, -0.05) is 22.0 Å². The van der Waals surface area contributed by atoms with Crippen LogP contribution in [0.1, 0.15) is 17.3 Å². The number of halogens is 3. The summed E-state index contributed by atoms with van der Waals surface area (Å²) >= 11 is 3.33. The van der Waals surface area contributed by atoms with Gasteiger partial charge >= 0.3 is 6.61 Å². The maximum Gasteiger partial charge on any atom is 0.388 e. The Kier molecular flexibility index (Phi) is 3.59. The third-order valence-electron chi connectivity index (χ3n) is 1.43. The van der Waals surface area contributed by atoms with Crippen molar-refractivity contribution < 1.29 is 13.5 Å². The van der Waals surface area contributed by atoms with Crippen molar-refractivity contribution in [1.82, 2.24) is 4.98 Å². The van der Waals surface area contributed by atoms with E-state index in [-0.39, 0.29) is 10.7 Å². The molecule has 0 aliphatic carbocycles. The van der Waals surface area contributed by atoms with E-state index in [9.17, 15) is 8.78 Å². The van der Waals surface area contributed by atoms with E-state index in [1.807, 2.05) is 6.92 Å². The molecule has 0 N–H and O–H groups in total. The van der Waals surface area contributed by atoms with Crippen LogP contribution in [0.15, 0.2) is 18.3 Å². The van der Waals surface area contributed by atoms with Crippen LogP contribution in [-0.2, 0) is 0 Å². The molecule has 0 aromatic carbocycles. The Morgan fingerprint density at radius 1 is 1.46 bits per heavy atom. The third kappa shape index (κ3) is 3.26. The first kappa shape index (κ1) is 10.4. The molecule has 0 radical (unpaired) electrons. The second-order valence-corrected chi connectivity index (χ2v) is 3.80. The van der Waals surface area contributed by atoms with Crippen LogP contribution in [0.2, 0.25) is 0 Å². The molecule has 0 amide bonds. The second-order valence-electron chi connectivity index (χ2n) is 2.42. The Morgan fingerprint density at radius 2 is 2.15 bits per heavy atom. The molecular formula is C8H8BrF2NO. The van der Waals surface area contributed by atoms with Gasteiger partial charge in [-0.25, -0.2) is 4.98 Å². The smallest absolute Gasteiger partial charge is 0.388 e. The SMILES string of the molecule is CC(Br)c1ccc(OC(F)F)nc1. The molecule has 13 heavy (non-hydrogen) atoms. The first-order chi connectivity index (χ1) is 6.09. The first-order valence-corrected chi connectivity index (χ1v) is 4.56. The van der Waals surface area contributed by atoms with E-state index < -0.39 is 6.61 Å². The molecule has 0 spiro atoms. The van der Waals surface area contributed by atoms with E-state index in [1.165, 1.54) is 12.3 Å². The zero-order valence-corrected chi connectivity index (χ0v) is 8.46. The lowest BCUT2D eigenvalue weighted by molar-refractivity contribution is -0.0528. The van der Waals surface area contributed by atoms with Gasteiger partial charge in [0.05, 0.1) is 0 Å². The summed E-state index contributed by atoms with van der Waals surface area (Å²) in [4.78, 5) is 3.86. The normalized spacial score (nSPS) is 13.0. The lowest BCUT2D eigenvalue weighted by atomic mass is 10.2. The molecule has 0 saturated carbocycles. The van der Waals surface area contributed by atoms with Crippen LogP contribution in [-0.4, -0.2) is 11.6 Å². The Morgan fingerprint density at radius 3 is 2.54 bits per heavy atom. The molecule has 0 aliphatic rings. The standard InChI is InChI=1S/C8H8BrF2NO/c1-5(9)6-2-3-7(12-4-6)13-8(10)11/h2-5,8H,1H3. The van der Waals surface area contributed by atoms with E-state index in [0.717, 1.165) is 5.56 Å². The molecule has 0 bridgehead atoms. The zero-order valence-electron chi connectivity index (χ0n) is 6.88. The highest BCUT2D eigenvalue weighted by molar-refractivity contribution is 9.09. The number of hydrogen-bond acceptors (Lipinski definition) is 2. The summed E-state index contributed by atoms with van der Waals surface area (Å²) in [6, 6.07) is 3.10. The molecule has 72 valence electrons. The maximum atomic E-state index is 11.7.